The molecule has 2 rings (SSSR count). The minimum absolute atomic E-state index is 0.110. The fourth-order valence-electron chi connectivity index (χ4n) is 1.67. The number of hydrogen-bond acceptors (Lipinski definition) is 1. The van der Waals surface area contributed by atoms with E-state index in [1.165, 1.54) is 30.3 Å². The smallest absolute Gasteiger partial charge is 0.322 e. The van der Waals surface area contributed by atoms with Gasteiger partial charge in [0.2, 0.25) is 0 Å². The monoisotopic (exact) mass is 333 g/mol. The van der Waals surface area contributed by atoms with Gasteiger partial charge in [-0.15, -0.1) is 0 Å². The summed E-state index contributed by atoms with van der Waals surface area (Å²) in [5.41, 5.74) is -0.699. The molecule has 0 heterocycles. The molecule has 0 aromatic heterocycles. The van der Waals surface area contributed by atoms with Crippen molar-refractivity contribution in [1.29, 1.82) is 0 Å². The molecule has 0 fully saturated rings. The molecule has 0 bridgehead atoms. The summed E-state index contributed by atoms with van der Waals surface area (Å²) in [4.78, 5) is 12.0. The Morgan fingerprint density at radius 1 is 1.00 bits per heavy atom. The third-order valence-corrected chi connectivity index (χ3v) is 3.01. The lowest BCUT2D eigenvalue weighted by atomic mass is 10.1. The van der Waals surface area contributed by atoms with Gasteiger partial charge in [0, 0.05) is 21.3 Å². The van der Waals surface area contributed by atoms with Gasteiger partial charge in [0.25, 0.3) is 5.91 Å². The Morgan fingerprint density at radius 3 is 2.19 bits per heavy atom. The maximum absolute atomic E-state index is 12.6. The molecule has 110 valence electrons. The van der Waals surface area contributed by atoms with Crippen LogP contribution in [0.15, 0.2) is 42.5 Å². The topological polar surface area (TPSA) is 29.1 Å². The molecule has 2 aromatic rings. The van der Waals surface area contributed by atoms with Crippen molar-refractivity contribution >= 4 is 34.8 Å². The minimum atomic E-state index is -4.50. The van der Waals surface area contributed by atoms with Crippen LogP contribution in [0.3, 0.4) is 0 Å². The third-order valence-electron chi connectivity index (χ3n) is 2.57. The molecule has 0 radical (unpaired) electrons. The van der Waals surface area contributed by atoms with Crippen molar-refractivity contribution in [3.05, 3.63) is 63.6 Å². The lowest BCUT2D eigenvalue weighted by molar-refractivity contribution is -0.137. The first kappa shape index (κ1) is 15.7. The number of halogens is 5. The first-order valence-electron chi connectivity index (χ1n) is 5.70. The minimum Gasteiger partial charge on any atom is -0.322 e. The second-order valence-electron chi connectivity index (χ2n) is 4.19. The van der Waals surface area contributed by atoms with Crippen LogP contribution in [0, 0.1) is 0 Å². The molecular weight excluding hydrogens is 326 g/mol. The summed E-state index contributed by atoms with van der Waals surface area (Å²) < 4.78 is 37.8. The van der Waals surface area contributed by atoms with Gasteiger partial charge in [-0.2, -0.15) is 13.2 Å². The summed E-state index contributed by atoms with van der Waals surface area (Å²) in [6.45, 7) is 0. The van der Waals surface area contributed by atoms with E-state index in [1.807, 2.05) is 0 Å². The van der Waals surface area contributed by atoms with Gasteiger partial charge < -0.3 is 5.32 Å². The van der Waals surface area contributed by atoms with Crippen LogP contribution >= 0.6 is 23.2 Å². The highest BCUT2D eigenvalue weighted by Crippen LogP contribution is 2.30. The second-order valence-corrected chi connectivity index (χ2v) is 5.06. The van der Waals surface area contributed by atoms with E-state index in [4.69, 9.17) is 23.2 Å². The number of alkyl halides is 3. The molecule has 0 aliphatic heterocycles. The van der Waals surface area contributed by atoms with Crippen LogP contribution in [0.2, 0.25) is 10.0 Å². The van der Waals surface area contributed by atoms with E-state index in [0.29, 0.717) is 15.7 Å². The molecule has 0 aliphatic rings. The molecule has 7 heteroatoms. The predicted octanol–water partition coefficient (Wildman–Crippen LogP) is 5.26. The number of carbonyl (C=O) groups is 1. The molecule has 0 spiro atoms. The highest BCUT2D eigenvalue weighted by molar-refractivity contribution is 6.35. The maximum atomic E-state index is 12.6. The third kappa shape index (κ3) is 4.12. The number of rotatable bonds is 2. The summed E-state index contributed by atoms with van der Waals surface area (Å²) in [6, 6.07) is 8.49. The van der Waals surface area contributed by atoms with E-state index in [2.05, 4.69) is 5.32 Å². The van der Waals surface area contributed by atoms with Gasteiger partial charge in [0.15, 0.2) is 0 Å². The highest BCUT2D eigenvalue weighted by atomic mass is 35.5. The largest absolute Gasteiger partial charge is 0.416 e. The number of nitrogens with one attached hydrogen (secondary N) is 1. The van der Waals surface area contributed by atoms with Gasteiger partial charge in [-0.05, 0) is 36.4 Å². The quantitative estimate of drug-likeness (QED) is 0.797. The maximum Gasteiger partial charge on any atom is 0.416 e. The molecule has 21 heavy (non-hydrogen) atoms. The summed E-state index contributed by atoms with van der Waals surface area (Å²) in [5, 5.41) is 3.06. The van der Waals surface area contributed by atoms with Crippen LogP contribution in [0.25, 0.3) is 0 Å². The highest BCUT2D eigenvalue weighted by Gasteiger charge is 2.30. The van der Waals surface area contributed by atoms with Crippen molar-refractivity contribution in [2.45, 2.75) is 6.18 Å². The van der Waals surface area contributed by atoms with Crippen molar-refractivity contribution in [1.82, 2.24) is 0 Å². The zero-order valence-electron chi connectivity index (χ0n) is 10.3. The normalized spacial score (nSPS) is 11.3. The number of amides is 1. The van der Waals surface area contributed by atoms with E-state index in [9.17, 15) is 18.0 Å². The number of hydrogen-bond donors (Lipinski definition) is 1. The first-order chi connectivity index (χ1) is 9.75. The fourth-order valence-corrected chi connectivity index (χ4v) is 2.19. The molecule has 1 N–H and O–H groups in total. The summed E-state index contributed by atoms with van der Waals surface area (Å²) >= 11 is 11.6. The van der Waals surface area contributed by atoms with E-state index in [1.54, 1.807) is 0 Å². The van der Waals surface area contributed by atoms with Gasteiger partial charge in [0.1, 0.15) is 0 Å². The molecule has 0 unspecified atom stereocenters. The van der Waals surface area contributed by atoms with Gasteiger partial charge in [-0.3, -0.25) is 4.79 Å². The Balaban J connectivity index is 2.24. The van der Waals surface area contributed by atoms with Crippen LogP contribution < -0.4 is 5.32 Å². The Morgan fingerprint density at radius 2 is 1.62 bits per heavy atom. The molecular formula is C14H8Cl2F3NO. The van der Waals surface area contributed by atoms with E-state index in [0.717, 1.165) is 12.1 Å². The Labute approximate surface area is 128 Å². The molecule has 0 saturated heterocycles. The second kappa shape index (κ2) is 5.95. The van der Waals surface area contributed by atoms with Crippen molar-refractivity contribution in [3.8, 4) is 0 Å². The Bertz CT molecular complexity index is 666. The van der Waals surface area contributed by atoms with E-state index in [-0.39, 0.29) is 5.56 Å². The van der Waals surface area contributed by atoms with Gasteiger partial charge in [-0.25, -0.2) is 0 Å². The summed E-state index contributed by atoms with van der Waals surface area (Å²) in [5.74, 6) is -0.681. The predicted molar refractivity (Wildman–Crippen MR) is 75.9 cm³/mol. The number of benzene rings is 2. The van der Waals surface area contributed by atoms with Crippen molar-refractivity contribution < 1.29 is 18.0 Å². The molecule has 0 atom stereocenters. The van der Waals surface area contributed by atoms with Crippen LogP contribution in [-0.4, -0.2) is 5.91 Å². The van der Waals surface area contributed by atoms with Gasteiger partial charge in [-0.1, -0.05) is 29.3 Å². The standard InChI is InChI=1S/C14H8Cl2F3NO/c15-10-5-11(16)7-12(6-10)20-13(21)8-2-1-3-9(4-8)14(17,18)19/h1-7H,(H,20,21). The number of anilines is 1. The summed E-state index contributed by atoms with van der Waals surface area (Å²) in [7, 11) is 0. The van der Waals surface area contributed by atoms with Gasteiger partial charge in [0.05, 0.1) is 5.56 Å². The number of carbonyl (C=O) groups excluding carboxylic acids is 1. The van der Waals surface area contributed by atoms with Gasteiger partial charge >= 0.3 is 6.18 Å². The van der Waals surface area contributed by atoms with Crippen LogP contribution in [0.1, 0.15) is 15.9 Å². The van der Waals surface area contributed by atoms with Crippen molar-refractivity contribution in [3.63, 3.8) is 0 Å². The lowest BCUT2D eigenvalue weighted by Crippen LogP contribution is -2.13. The molecule has 0 aliphatic carbocycles. The molecule has 1 amide bonds. The first-order valence-corrected chi connectivity index (χ1v) is 6.46. The van der Waals surface area contributed by atoms with Crippen LogP contribution in [-0.2, 0) is 6.18 Å². The Hall–Kier alpha value is -1.72. The van der Waals surface area contributed by atoms with Crippen LogP contribution in [0.5, 0.6) is 0 Å². The average Bonchev–Trinajstić information content (AvgIpc) is 2.36. The lowest BCUT2D eigenvalue weighted by Gasteiger charge is -2.09. The zero-order chi connectivity index (χ0) is 15.6. The Kier molecular flexibility index (Phi) is 4.44. The SMILES string of the molecule is O=C(Nc1cc(Cl)cc(Cl)c1)c1cccc(C(F)(F)F)c1. The van der Waals surface area contributed by atoms with E-state index < -0.39 is 17.6 Å². The average molecular weight is 334 g/mol. The molecule has 2 aromatic carbocycles. The van der Waals surface area contributed by atoms with Crippen molar-refractivity contribution in [2.75, 3.05) is 5.32 Å². The fraction of sp³-hybridized carbons (Fsp3) is 0.0714. The van der Waals surface area contributed by atoms with E-state index >= 15 is 0 Å². The molecule has 2 nitrogen and oxygen atoms in total. The van der Waals surface area contributed by atoms with Crippen LogP contribution in [0.4, 0.5) is 18.9 Å². The summed E-state index contributed by atoms with van der Waals surface area (Å²) in [6.07, 6.45) is -4.50. The zero-order valence-corrected chi connectivity index (χ0v) is 11.9. The van der Waals surface area contributed by atoms with Crippen molar-refractivity contribution in [2.24, 2.45) is 0 Å². The molecule has 0 saturated carbocycles.